The van der Waals surface area contributed by atoms with Gasteiger partial charge in [0.2, 0.25) is 0 Å². The van der Waals surface area contributed by atoms with Gasteiger partial charge in [0.1, 0.15) is 22.6 Å². The van der Waals surface area contributed by atoms with E-state index in [1.54, 1.807) is 6.07 Å². The summed E-state index contributed by atoms with van der Waals surface area (Å²) in [5, 5.41) is 9.64. The van der Waals surface area contributed by atoms with Crippen molar-refractivity contribution in [2.75, 3.05) is 0 Å². The standard InChI is InChI=1S/C10H9ClO3/c1-5-2-6-3-7(4-12)9(13)8(11)10(6)14-5/h3-5,13H,2H2,1H3. The average molecular weight is 213 g/mol. The van der Waals surface area contributed by atoms with Crippen molar-refractivity contribution in [2.24, 2.45) is 0 Å². The van der Waals surface area contributed by atoms with E-state index in [4.69, 9.17) is 16.3 Å². The van der Waals surface area contributed by atoms with Crippen LogP contribution in [0.2, 0.25) is 5.02 Å². The molecule has 1 aliphatic rings. The molecule has 0 aliphatic carbocycles. The molecule has 0 fully saturated rings. The maximum Gasteiger partial charge on any atom is 0.153 e. The first kappa shape index (κ1) is 9.34. The molecule has 1 aromatic rings. The van der Waals surface area contributed by atoms with Crippen LogP contribution in [0.4, 0.5) is 0 Å². The van der Waals surface area contributed by atoms with Crippen LogP contribution in [0.5, 0.6) is 11.5 Å². The van der Waals surface area contributed by atoms with E-state index in [9.17, 15) is 9.90 Å². The van der Waals surface area contributed by atoms with Crippen LogP contribution in [-0.4, -0.2) is 17.5 Å². The number of phenolic OH excluding ortho intramolecular Hbond substituents is 1. The van der Waals surface area contributed by atoms with Gasteiger partial charge in [-0.05, 0) is 13.0 Å². The molecule has 0 saturated carbocycles. The van der Waals surface area contributed by atoms with Gasteiger partial charge in [-0.1, -0.05) is 11.6 Å². The topological polar surface area (TPSA) is 46.5 Å². The second kappa shape index (κ2) is 3.17. The molecule has 74 valence electrons. The minimum atomic E-state index is -0.200. The van der Waals surface area contributed by atoms with Crippen molar-refractivity contribution in [3.8, 4) is 11.5 Å². The van der Waals surface area contributed by atoms with E-state index in [-0.39, 0.29) is 22.4 Å². The van der Waals surface area contributed by atoms with Crippen molar-refractivity contribution in [3.05, 3.63) is 22.2 Å². The number of phenols is 1. The Bertz CT molecular complexity index is 401. The molecule has 0 spiro atoms. The average Bonchev–Trinajstić information content (AvgIpc) is 2.52. The predicted molar refractivity (Wildman–Crippen MR) is 52.3 cm³/mol. The summed E-state index contributed by atoms with van der Waals surface area (Å²) in [7, 11) is 0. The zero-order chi connectivity index (χ0) is 10.3. The minimum absolute atomic E-state index is 0.0452. The van der Waals surface area contributed by atoms with E-state index in [0.29, 0.717) is 12.0 Å². The number of ether oxygens (including phenoxy) is 1. The van der Waals surface area contributed by atoms with Gasteiger partial charge in [-0.25, -0.2) is 0 Å². The van der Waals surface area contributed by atoms with Crippen LogP contribution in [-0.2, 0) is 6.42 Å². The first-order chi connectivity index (χ1) is 6.63. The van der Waals surface area contributed by atoms with E-state index in [0.717, 1.165) is 12.0 Å². The molecule has 3 nitrogen and oxygen atoms in total. The van der Waals surface area contributed by atoms with Gasteiger partial charge in [0.25, 0.3) is 0 Å². The number of aromatic hydroxyl groups is 1. The third kappa shape index (κ3) is 1.24. The molecule has 1 aromatic carbocycles. The third-order valence-electron chi connectivity index (χ3n) is 2.26. The third-order valence-corrected chi connectivity index (χ3v) is 2.61. The van der Waals surface area contributed by atoms with Crippen LogP contribution in [0.25, 0.3) is 0 Å². The van der Waals surface area contributed by atoms with Gasteiger partial charge >= 0.3 is 0 Å². The molecule has 4 heteroatoms. The molecule has 0 radical (unpaired) electrons. The van der Waals surface area contributed by atoms with Gasteiger partial charge in [0, 0.05) is 12.0 Å². The number of hydrogen-bond donors (Lipinski definition) is 1. The molecule has 2 rings (SSSR count). The lowest BCUT2D eigenvalue weighted by Gasteiger charge is -2.07. The van der Waals surface area contributed by atoms with Crippen molar-refractivity contribution in [2.45, 2.75) is 19.4 Å². The summed E-state index contributed by atoms with van der Waals surface area (Å²) >= 11 is 5.85. The van der Waals surface area contributed by atoms with Crippen molar-refractivity contribution in [1.82, 2.24) is 0 Å². The summed E-state index contributed by atoms with van der Waals surface area (Å²) < 4.78 is 5.41. The summed E-state index contributed by atoms with van der Waals surface area (Å²) in [5.74, 6) is 0.303. The van der Waals surface area contributed by atoms with Crippen molar-refractivity contribution >= 4 is 17.9 Å². The normalized spacial score (nSPS) is 18.9. The van der Waals surface area contributed by atoms with E-state index >= 15 is 0 Å². The van der Waals surface area contributed by atoms with E-state index in [2.05, 4.69) is 0 Å². The fourth-order valence-corrected chi connectivity index (χ4v) is 1.89. The number of fused-ring (bicyclic) bond motifs is 1. The molecule has 1 atom stereocenters. The maximum absolute atomic E-state index is 10.6. The minimum Gasteiger partial charge on any atom is -0.505 e. The largest absolute Gasteiger partial charge is 0.505 e. The summed E-state index contributed by atoms with van der Waals surface area (Å²) in [5.41, 5.74) is 1.09. The number of halogens is 1. The zero-order valence-electron chi connectivity index (χ0n) is 7.58. The van der Waals surface area contributed by atoms with Crippen LogP contribution in [0.3, 0.4) is 0 Å². The van der Waals surface area contributed by atoms with E-state index in [1.807, 2.05) is 6.92 Å². The summed E-state index contributed by atoms with van der Waals surface area (Å²) in [6.45, 7) is 1.91. The van der Waals surface area contributed by atoms with Gasteiger partial charge in [-0.2, -0.15) is 0 Å². The first-order valence-electron chi connectivity index (χ1n) is 4.29. The molecule has 0 bridgehead atoms. The summed E-state index contributed by atoms with van der Waals surface area (Å²) in [4.78, 5) is 10.6. The number of carbonyl (C=O) groups is 1. The molecule has 1 heterocycles. The second-order valence-corrected chi connectivity index (χ2v) is 3.75. The van der Waals surface area contributed by atoms with Crippen molar-refractivity contribution in [1.29, 1.82) is 0 Å². The van der Waals surface area contributed by atoms with E-state index < -0.39 is 0 Å². The lowest BCUT2D eigenvalue weighted by atomic mass is 10.1. The van der Waals surface area contributed by atoms with Gasteiger partial charge in [0.15, 0.2) is 6.29 Å². The van der Waals surface area contributed by atoms with Gasteiger partial charge in [-0.15, -0.1) is 0 Å². The summed E-state index contributed by atoms with van der Waals surface area (Å²) in [6, 6.07) is 1.62. The highest BCUT2D eigenvalue weighted by Crippen LogP contribution is 2.42. The molecule has 1 N–H and O–H groups in total. The Hall–Kier alpha value is -1.22. The van der Waals surface area contributed by atoms with Crippen LogP contribution in [0.1, 0.15) is 22.8 Å². The van der Waals surface area contributed by atoms with Gasteiger partial charge in [-0.3, -0.25) is 4.79 Å². The number of carbonyl (C=O) groups excluding carboxylic acids is 1. The lowest BCUT2D eigenvalue weighted by molar-refractivity contribution is 0.112. The quantitative estimate of drug-likeness (QED) is 0.726. The maximum atomic E-state index is 10.6. The SMILES string of the molecule is CC1Cc2cc(C=O)c(O)c(Cl)c2O1. The molecule has 0 saturated heterocycles. The molecule has 1 unspecified atom stereocenters. The van der Waals surface area contributed by atoms with Crippen LogP contribution in [0.15, 0.2) is 6.07 Å². The predicted octanol–water partition coefficient (Wildman–Crippen LogP) is 2.18. The Labute approximate surface area is 86.3 Å². The Morgan fingerprint density at radius 2 is 2.43 bits per heavy atom. The molecule has 0 amide bonds. The first-order valence-corrected chi connectivity index (χ1v) is 4.67. The Kier molecular flexibility index (Phi) is 2.11. The highest BCUT2D eigenvalue weighted by atomic mass is 35.5. The molecular weight excluding hydrogens is 204 g/mol. The van der Waals surface area contributed by atoms with Crippen molar-refractivity contribution in [3.63, 3.8) is 0 Å². The van der Waals surface area contributed by atoms with Crippen LogP contribution >= 0.6 is 11.6 Å². The summed E-state index contributed by atoms with van der Waals surface area (Å²) in [6.07, 6.45) is 1.35. The highest BCUT2D eigenvalue weighted by molar-refractivity contribution is 6.34. The van der Waals surface area contributed by atoms with Crippen LogP contribution in [0, 0.1) is 0 Å². The fraction of sp³-hybridized carbons (Fsp3) is 0.300. The molecule has 14 heavy (non-hydrogen) atoms. The van der Waals surface area contributed by atoms with Crippen molar-refractivity contribution < 1.29 is 14.6 Å². The number of aldehydes is 1. The molecule has 0 aromatic heterocycles. The van der Waals surface area contributed by atoms with Gasteiger partial charge < -0.3 is 9.84 Å². The monoisotopic (exact) mass is 212 g/mol. The van der Waals surface area contributed by atoms with Gasteiger partial charge in [0.05, 0.1) is 5.56 Å². The number of benzene rings is 1. The number of hydrogen-bond acceptors (Lipinski definition) is 3. The second-order valence-electron chi connectivity index (χ2n) is 3.37. The smallest absolute Gasteiger partial charge is 0.153 e. The lowest BCUT2D eigenvalue weighted by Crippen LogP contribution is -2.05. The van der Waals surface area contributed by atoms with Crippen LogP contribution < -0.4 is 4.74 Å². The Balaban J connectivity index is 2.61. The highest BCUT2D eigenvalue weighted by Gasteiger charge is 2.25. The molecular formula is C10H9ClO3. The fourth-order valence-electron chi connectivity index (χ4n) is 1.62. The molecule has 1 aliphatic heterocycles. The zero-order valence-corrected chi connectivity index (χ0v) is 8.34. The Morgan fingerprint density at radius 1 is 1.71 bits per heavy atom. The van der Waals surface area contributed by atoms with E-state index in [1.165, 1.54) is 0 Å². The number of rotatable bonds is 1. The Morgan fingerprint density at radius 3 is 3.07 bits per heavy atom.